The lowest BCUT2D eigenvalue weighted by atomic mass is 10.1. The van der Waals surface area contributed by atoms with Crippen LogP contribution in [0.3, 0.4) is 0 Å². The smallest absolute Gasteiger partial charge is 0.181 e. The van der Waals surface area contributed by atoms with Crippen LogP contribution in [-0.4, -0.2) is 38.8 Å². The minimum Gasteiger partial charge on any atom is -0.341 e. The molecule has 0 aliphatic heterocycles. The van der Waals surface area contributed by atoms with Gasteiger partial charge in [-0.3, -0.25) is 0 Å². The second-order valence-corrected chi connectivity index (χ2v) is 5.24. The molecule has 2 heterocycles. The summed E-state index contributed by atoms with van der Waals surface area (Å²) in [6.07, 6.45) is 3.22. The third-order valence-electron chi connectivity index (χ3n) is 2.76. The molecule has 2 rings (SSSR count). The Morgan fingerprint density at radius 3 is 2.88 bits per heavy atom. The maximum absolute atomic E-state index is 4.30. The second-order valence-electron chi connectivity index (χ2n) is 4.23. The third-order valence-corrected chi connectivity index (χ3v) is 3.87. The molecule has 5 nitrogen and oxygen atoms in total. The topological polar surface area (TPSA) is 66.5 Å². The SMILES string of the molecule is CNC(CSc1ncnc2nc[nH]c12)C(C)C. The molecule has 2 N–H and O–H groups in total. The Hall–Kier alpha value is -1.14. The Balaban J connectivity index is 2.10. The van der Waals surface area contributed by atoms with E-state index in [1.165, 1.54) is 0 Å². The minimum absolute atomic E-state index is 0.480. The number of aromatic nitrogens is 4. The fourth-order valence-electron chi connectivity index (χ4n) is 1.63. The number of fused-ring (bicyclic) bond motifs is 1. The first-order chi connectivity index (χ1) is 8.22. The molecule has 0 amide bonds. The molecule has 0 saturated carbocycles. The van der Waals surface area contributed by atoms with Crippen LogP contribution in [0.4, 0.5) is 0 Å². The summed E-state index contributed by atoms with van der Waals surface area (Å²) in [6, 6.07) is 0.480. The monoisotopic (exact) mass is 251 g/mol. The molecule has 0 aromatic carbocycles. The number of nitrogens with one attached hydrogen (secondary N) is 2. The van der Waals surface area contributed by atoms with Gasteiger partial charge in [0.15, 0.2) is 5.65 Å². The summed E-state index contributed by atoms with van der Waals surface area (Å²) < 4.78 is 0. The highest BCUT2D eigenvalue weighted by molar-refractivity contribution is 7.99. The van der Waals surface area contributed by atoms with Crippen LogP contribution in [0.1, 0.15) is 13.8 Å². The van der Waals surface area contributed by atoms with Crippen LogP contribution in [0.25, 0.3) is 11.2 Å². The van der Waals surface area contributed by atoms with Crippen molar-refractivity contribution in [2.75, 3.05) is 12.8 Å². The van der Waals surface area contributed by atoms with Gasteiger partial charge in [-0.2, -0.15) is 0 Å². The van der Waals surface area contributed by atoms with E-state index >= 15 is 0 Å². The van der Waals surface area contributed by atoms with Crippen molar-refractivity contribution in [3.05, 3.63) is 12.7 Å². The summed E-state index contributed by atoms with van der Waals surface area (Å²) in [4.78, 5) is 15.6. The average Bonchev–Trinajstić information content (AvgIpc) is 2.78. The predicted octanol–water partition coefficient (Wildman–Crippen LogP) is 1.69. The summed E-state index contributed by atoms with van der Waals surface area (Å²) in [5, 5.41) is 4.29. The van der Waals surface area contributed by atoms with Crippen molar-refractivity contribution in [1.29, 1.82) is 0 Å². The summed E-state index contributed by atoms with van der Waals surface area (Å²) in [7, 11) is 2.00. The van der Waals surface area contributed by atoms with Crippen molar-refractivity contribution in [2.24, 2.45) is 5.92 Å². The Kier molecular flexibility index (Phi) is 3.96. The van der Waals surface area contributed by atoms with Gasteiger partial charge in [0.05, 0.1) is 6.33 Å². The quantitative estimate of drug-likeness (QED) is 0.625. The lowest BCUT2D eigenvalue weighted by molar-refractivity contribution is 0.465. The zero-order valence-corrected chi connectivity index (χ0v) is 11.1. The minimum atomic E-state index is 0.480. The standard InChI is InChI=1S/C11H17N5S/c1-7(2)8(12-3)4-17-11-9-10(14-5-13-9)15-6-16-11/h5-8,12H,4H2,1-3H3,(H,13,14,15,16). The molecule has 1 atom stereocenters. The second kappa shape index (κ2) is 5.46. The van der Waals surface area contributed by atoms with Gasteiger partial charge in [0.25, 0.3) is 0 Å². The lowest BCUT2D eigenvalue weighted by Crippen LogP contribution is -2.32. The normalized spacial score (nSPS) is 13.4. The fraction of sp³-hybridized carbons (Fsp3) is 0.545. The Morgan fingerprint density at radius 1 is 1.35 bits per heavy atom. The summed E-state index contributed by atoms with van der Waals surface area (Å²) in [6.45, 7) is 4.43. The molecule has 1 unspecified atom stereocenters. The highest BCUT2D eigenvalue weighted by Gasteiger charge is 2.13. The lowest BCUT2D eigenvalue weighted by Gasteiger charge is -2.19. The molecular formula is C11H17N5S. The number of nitrogens with zero attached hydrogens (tertiary/aromatic N) is 3. The van der Waals surface area contributed by atoms with Crippen molar-refractivity contribution < 1.29 is 0 Å². The van der Waals surface area contributed by atoms with E-state index in [0.29, 0.717) is 12.0 Å². The molecule has 0 aliphatic rings. The van der Waals surface area contributed by atoms with Crippen LogP contribution < -0.4 is 5.32 Å². The number of hydrogen-bond acceptors (Lipinski definition) is 5. The van der Waals surface area contributed by atoms with Crippen LogP contribution >= 0.6 is 11.8 Å². The number of aromatic amines is 1. The Labute approximate surface area is 105 Å². The number of rotatable bonds is 5. The van der Waals surface area contributed by atoms with Crippen molar-refractivity contribution in [3.8, 4) is 0 Å². The first-order valence-electron chi connectivity index (χ1n) is 5.66. The van der Waals surface area contributed by atoms with Gasteiger partial charge in [0.1, 0.15) is 16.9 Å². The highest BCUT2D eigenvalue weighted by atomic mass is 32.2. The molecule has 0 saturated heterocycles. The first kappa shape index (κ1) is 12.3. The van der Waals surface area contributed by atoms with Crippen molar-refractivity contribution in [2.45, 2.75) is 24.9 Å². The predicted molar refractivity (Wildman–Crippen MR) is 70.1 cm³/mol. The van der Waals surface area contributed by atoms with Crippen molar-refractivity contribution in [3.63, 3.8) is 0 Å². The highest BCUT2D eigenvalue weighted by Crippen LogP contribution is 2.23. The molecule has 0 aliphatic carbocycles. The zero-order chi connectivity index (χ0) is 12.3. The molecule has 92 valence electrons. The van der Waals surface area contributed by atoms with E-state index in [4.69, 9.17) is 0 Å². The molecule has 0 fully saturated rings. The fourth-order valence-corrected chi connectivity index (χ4v) is 2.94. The van der Waals surface area contributed by atoms with Gasteiger partial charge < -0.3 is 10.3 Å². The average molecular weight is 251 g/mol. The van der Waals surface area contributed by atoms with Gasteiger partial charge in [0.2, 0.25) is 0 Å². The van der Waals surface area contributed by atoms with Gasteiger partial charge in [-0.25, -0.2) is 15.0 Å². The number of imidazole rings is 1. The van der Waals surface area contributed by atoms with E-state index in [9.17, 15) is 0 Å². The first-order valence-corrected chi connectivity index (χ1v) is 6.65. The number of hydrogen-bond donors (Lipinski definition) is 2. The summed E-state index contributed by atoms with van der Waals surface area (Å²) in [5.41, 5.74) is 1.66. The van der Waals surface area contributed by atoms with Crippen molar-refractivity contribution >= 4 is 22.9 Å². The van der Waals surface area contributed by atoms with Crippen molar-refractivity contribution in [1.82, 2.24) is 25.3 Å². The Morgan fingerprint density at radius 2 is 2.18 bits per heavy atom. The summed E-state index contributed by atoms with van der Waals surface area (Å²) in [5.74, 6) is 1.59. The van der Waals surface area contributed by atoms with Gasteiger partial charge >= 0.3 is 0 Å². The largest absolute Gasteiger partial charge is 0.341 e. The number of H-pyrrole nitrogens is 1. The van der Waals surface area contributed by atoms with Crippen LogP contribution in [0.5, 0.6) is 0 Å². The molecule has 2 aromatic rings. The maximum atomic E-state index is 4.30. The van der Waals surface area contributed by atoms with E-state index in [0.717, 1.165) is 21.9 Å². The summed E-state index contributed by atoms with van der Waals surface area (Å²) >= 11 is 1.73. The molecule has 0 spiro atoms. The van der Waals surface area contributed by atoms with Crippen LogP contribution in [-0.2, 0) is 0 Å². The van der Waals surface area contributed by atoms with Gasteiger partial charge in [-0.15, -0.1) is 11.8 Å². The third kappa shape index (κ3) is 2.76. The van der Waals surface area contributed by atoms with E-state index in [2.05, 4.69) is 39.1 Å². The van der Waals surface area contributed by atoms with E-state index in [-0.39, 0.29) is 0 Å². The molecule has 6 heteroatoms. The van der Waals surface area contributed by atoms with E-state index in [1.54, 1.807) is 24.4 Å². The molecule has 2 aromatic heterocycles. The van der Waals surface area contributed by atoms with Crippen LogP contribution in [0.15, 0.2) is 17.7 Å². The molecule has 17 heavy (non-hydrogen) atoms. The van der Waals surface area contributed by atoms with Gasteiger partial charge in [-0.1, -0.05) is 13.8 Å². The van der Waals surface area contributed by atoms with Crippen LogP contribution in [0.2, 0.25) is 0 Å². The molecule has 0 radical (unpaired) electrons. The molecular weight excluding hydrogens is 234 g/mol. The van der Waals surface area contributed by atoms with Gasteiger partial charge in [0, 0.05) is 11.8 Å². The van der Waals surface area contributed by atoms with Gasteiger partial charge in [-0.05, 0) is 13.0 Å². The maximum Gasteiger partial charge on any atom is 0.181 e. The van der Waals surface area contributed by atoms with E-state index < -0.39 is 0 Å². The van der Waals surface area contributed by atoms with Crippen LogP contribution in [0, 0.1) is 5.92 Å². The zero-order valence-electron chi connectivity index (χ0n) is 10.3. The van der Waals surface area contributed by atoms with E-state index in [1.807, 2.05) is 7.05 Å². The molecule has 0 bridgehead atoms. The number of thioether (sulfide) groups is 1. The Bertz CT molecular complexity index is 481.